The SMILES string of the molecule is CC(C)/C=C\C(=C/C=N)N(c1ccccc1)c1ccncc1. The Hall–Kier alpha value is -2.68. The molecule has 2 rings (SSSR count). The number of anilines is 2. The van der Waals surface area contributed by atoms with Crippen molar-refractivity contribution in [1.82, 2.24) is 4.98 Å². The van der Waals surface area contributed by atoms with E-state index < -0.39 is 0 Å². The summed E-state index contributed by atoms with van der Waals surface area (Å²) in [6.45, 7) is 4.27. The Morgan fingerprint density at radius 1 is 1.05 bits per heavy atom. The molecule has 1 heterocycles. The van der Waals surface area contributed by atoms with Crippen LogP contribution >= 0.6 is 0 Å². The number of aromatic nitrogens is 1. The maximum Gasteiger partial charge on any atom is 0.0492 e. The molecule has 0 radical (unpaired) electrons. The largest absolute Gasteiger partial charge is 0.310 e. The smallest absolute Gasteiger partial charge is 0.0492 e. The summed E-state index contributed by atoms with van der Waals surface area (Å²) in [4.78, 5) is 6.21. The minimum atomic E-state index is 0.448. The van der Waals surface area contributed by atoms with Crippen LogP contribution in [0.1, 0.15) is 13.8 Å². The standard InChI is InChI=1S/C19H21N3/c1-16(2)8-9-18(10-13-20)22(17-6-4-3-5-7-17)19-11-14-21-15-12-19/h3-16,20H,1-2H3/b9-8-,18-10+,20-13?. The van der Waals surface area contributed by atoms with E-state index in [2.05, 4.69) is 48.0 Å². The van der Waals surface area contributed by atoms with E-state index >= 15 is 0 Å². The van der Waals surface area contributed by atoms with E-state index in [0.29, 0.717) is 5.92 Å². The number of hydrogen-bond donors (Lipinski definition) is 1. The monoisotopic (exact) mass is 291 g/mol. The number of nitrogens with one attached hydrogen (secondary N) is 1. The van der Waals surface area contributed by atoms with Crippen molar-refractivity contribution >= 4 is 17.6 Å². The Kier molecular flexibility index (Phi) is 5.66. The molecular weight excluding hydrogens is 270 g/mol. The van der Waals surface area contributed by atoms with Gasteiger partial charge in [0.1, 0.15) is 0 Å². The van der Waals surface area contributed by atoms with E-state index in [4.69, 9.17) is 5.41 Å². The second kappa shape index (κ2) is 7.93. The van der Waals surface area contributed by atoms with Gasteiger partial charge in [-0.2, -0.15) is 0 Å². The maximum absolute atomic E-state index is 7.46. The molecule has 2 aromatic rings. The van der Waals surface area contributed by atoms with Gasteiger partial charge in [-0.05, 0) is 42.3 Å². The van der Waals surface area contributed by atoms with Crippen molar-refractivity contribution in [2.24, 2.45) is 5.92 Å². The average Bonchev–Trinajstić information content (AvgIpc) is 2.55. The molecule has 0 saturated carbocycles. The van der Waals surface area contributed by atoms with E-state index in [1.54, 1.807) is 18.5 Å². The fourth-order valence-electron chi connectivity index (χ4n) is 2.10. The molecule has 1 N–H and O–H groups in total. The molecule has 0 aliphatic carbocycles. The third kappa shape index (κ3) is 4.16. The Morgan fingerprint density at radius 2 is 1.68 bits per heavy atom. The summed E-state index contributed by atoms with van der Waals surface area (Å²) in [7, 11) is 0. The van der Waals surface area contributed by atoms with Gasteiger partial charge >= 0.3 is 0 Å². The van der Waals surface area contributed by atoms with Gasteiger partial charge in [-0.1, -0.05) is 38.1 Å². The molecule has 112 valence electrons. The first-order chi connectivity index (χ1) is 10.7. The summed E-state index contributed by atoms with van der Waals surface area (Å²) in [6, 6.07) is 14.1. The Morgan fingerprint density at radius 3 is 2.27 bits per heavy atom. The lowest BCUT2D eigenvalue weighted by Crippen LogP contribution is -2.15. The molecule has 0 spiro atoms. The first-order valence-corrected chi connectivity index (χ1v) is 7.36. The van der Waals surface area contributed by atoms with Gasteiger partial charge in [-0.3, -0.25) is 4.98 Å². The van der Waals surface area contributed by atoms with Crippen molar-refractivity contribution in [1.29, 1.82) is 5.41 Å². The van der Waals surface area contributed by atoms with Crippen LogP contribution in [0, 0.1) is 11.3 Å². The quantitative estimate of drug-likeness (QED) is 0.603. The minimum Gasteiger partial charge on any atom is -0.310 e. The van der Waals surface area contributed by atoms with Crippen LogP contribution in [-0.4, -0.2) is 11.2 Å². The number of allylic oxidation sites excluding steroid dienone is 3. The van der Waals surface area contributed by atoms with Gasteiger partial charge in [0.25, 0.3) is 0 Å². The lowest BCUT2D eigenvalue weighted by Gasteiger charge is -2.26. The van der Waals surface area contributed by atoms with Crippen molar-refractivity contribution in [3.63, 3.8) is 0 Å². The zero-order chi connectivity index (χ0) is 15.8. The zero-order valence-corrected chi connectivity index (χ0v) is 13.0. The van der Waals surface area contributed by atoms with Crippen LogP contribution in [0.15, 0.2) is 78.8 Å². The molecule has 0 saturated heterocycles. The molecule has 0 aliphatic heterocycles. The molecule has 22 heavy (non-hydrogen) atoms. The number of hydrogen-bond acceptors (Lipinski definition) is 3. The van der Waals surface area contributed by atoms with Gasteiger partial charge in [0, 0.05) is 35.7 Å². The van der Waals surface area contributed by atoms with Gasteiger partial charge < -0.3 is 10.3 Å². The van der Waals surface area contributed by atoms with E-state index in [1.807, 2.05) is 30.3 Å². The van der Waals surface area contributed by atoms with Crippen molar-refractivity contribution in [2.45, 2.75) is 13.8 Å². The summed E-state index contributed by atoms with van der Waals surface area (Å²) in [5.41, 5.74) is 3.01. The molecule has 0 fully saturated rings. The fraction of sp³-hybridized carbons (Fsp3) is 0.158. The molecule has 0 bridgehead atoms. The third-order valence-corrected chi connectivity index (χ3v) is 3.10. The van der Waals surface area contributed by atoms with Gasteiger partial charge in [-0.25, -0.2) is 0 Å². The van der Waals surface area contributed by atoms with Crippen molar-refractivity contribution in [2.75, 3.05) is 4.90 Å². The predicted molar refractivity (Wildman–Crippen MR) is 93.7 cm³/mol. The van der Waals surface area contributed by atoms with Crippen molar-refractivity contribution in [3.8, 4) is 0 Å². The Balaban J connectivity index is 2.52. The van der Waals surface area contributed by atoms with Crippen LogP contribution in [0.5, 0.6) is 0 Å². The normalized spacial score (nSPS) is 11.9. The Labute approximate surface area is 132 Å². The molecule has 0 aliphatic rings. The first-order valence-electron chi connectivity index (χ1n) is 7.36. The summed E-state index contributed by atoms with van der Waals surface area (Å²) in [5.74, 6) is 0.448. The van der Waals surface area contributed by atoms with Gasteiger partial charge in [0.05, 0.1) is 0 Å². The Bertz CT molecular complexity index is 603. The van der Waals surface area contributed by atoms with Crippen LogP contribution in [0.25, 0.3) is 0 Å². The van der Waals surface area contributed by atoms with Crippen LogP contribution in [-0.2, 0) is 0 Å². The number of pyridine rings is 1. The van der Waals surface area contributed by atoms with Gasteiger partial charge in [0.2, 0.25) is 0 Å². The number of benzene rings is 1. The molecule has 0 unspecified atom stereocenters. The lowest BCUT2D eigenvalue weighted by molar-refractivity contribution is 0.830. The van der Waals surface area contributed by atoms with E-state index in [1.165, 1.54) is 6.21 Å². The summed E-state index contributed by atoms with van der Waals surface area (Å²) in [5, 5.41) is 7.46. The molecular formula is C19H21N3. The number of nitrogens with zero attached hydrogens (tertiary/aromatic N) is 2. The van der Waals surface area contributed by atoms with Crippen LogP contribution in [0.3, 0.4) is 0 Å². The number of rotatable bonds is 6. The molecule has 3 heteroatoms. The van der Waals surface area contributed by atoms with Crippen molar-refractivity contribution < 1.29 is 0 Å². The highest BCUT2D eigenvalue weighted by molar-refractivity contribution is 5.77. The molecule has 1 aromatic carbocycles. The van der Waals surface area contributed by atoms with E-state index in [-0.39, 0.29) is 0 Å². The van der Waals surface area contributed by atoms with E-state index in [9.17, 15) is 0 Å². The topological polar surface area (TPSA) is 40.0 Å². The second-order valence-electron chi connectivity index (χ2n) is 5.24. The highest BCUT2D eigenvalue weighted by Crippen LogP contribution is 2.29. The maximum atomic E-state index is 7.46. The minimum absolute atomic E-state index is 0.448. The fourth-order valence-corrected chi connectivity index (χ4v) is 2.10. The molecule has 0 amide bonds. The first kappa shape index (κ1) is 15.7. The van der Waals surface area contributed by atoms with Gasteiger partial charge in [-0.15, -0.1) is 0 Å². The second-order valence-corrected chi connectivity index (χ2v) is 5.24. The third-order valence-electron chi connectivity index (χ3n) is 3.10. The molecule has 0 atom stereocenters. The molecule has 3 nitrogen and oxygen atoms in total. The highest BCUT2D eigenvalue weighted by Gasteiger charge is 2.12. The van der Waals surface area contributed by atoms with Gasteiger partial charge in [0.15, 0.2) is 0 Å². The predicted octanol–water partition coefficient (Wildman–Crippen LogP) is 4.97. The zero-order valence-electron chi connectivity index (χ0n) is 13.0. The van der Waals surface area contributed by atoms with Crippen LogP contribution in [0.2, 0.25) is 0 Å². The number of para-hydroxylation sites is 1. The van der Waals surface area contributed by atoms with E-state index in [0.717, 1.165) is 17.1 Å². The lowest BCUT2D eigenvalue weighted by atomic mass is 10.1. The average molecular weight is 291 g/mol. The summed E-state index contributed by atoms with van der Waals surface area (Å²) in [6.07, 6.45) is 10.9. The highest BCUT2D eigenvalue weighted by atomic mass is 15.1. The van der Waals surface area contributed by atoms with Crippen LogP contribution in [0.4, 0.5) is 11.4 Å². The van der Waals surface area contributed by atoms with Crippen molar-refractivity contribution in [3.05, 3.63) is 78.8 Å². The summed E-state index contributed by atoms with van der Waals surface area (Å²) < 4.78 is 0. The van der Waals surface area contributed by atoms with Crippen LogP contribution < -0.4 is 4.90 Å². The molecule has 1 aromatic heterocycles. The summed E-state index contributed by atoms with van der Waals surface area (Å²) >= 11 is 0.